The van der Waals surface area contributed by atoms with E-state index in [1.54, 1.807) is 0 Å². The number of carbonyl (C=O) groups is 1. The highest BCUT2D eigenvalue weighted by Gasteiger charge is 2.23. The molecule has 0 saturated carbocycles. The Balaban J connectivity index is 0.00000120. The van der Waals surface area contributed by atoms with Gasteiger partial charge in [0.05, 0.1) is 11.0 Å². The number of nitrogens with one attached hydrogen (secondary N) is 2. The fraction of sp³-hybridized carbons (Fsp3) is 0.250. The molecule has 94 valence electrons. The van der Waals surface area contributed by atoms with Crippen LogP contribution in [0.2, 0.25) is 0 Å². The van der Waals surface area contributed by atoms with Crippen LogP contribution in [0, 0.1) is 5.92 Å². The van der Waals surface area contributed by atoms with E-state index in [9.17, 15) is 4.79 Å². The zero-order valence-corrected chi connectivity index (χ0v) is 10.6. The van der Waals surface area contributed by atoms with Crippen LogP contribution in [-0.4, -0.2) is 21.6 Å². The van der Waals surface area contributed by atoms with Crippen molar-refractivity contribution >= 4 is 35.1 Å². The minimum Gasteiger partial charge on any atom is -0.337 e. The summed E-state index contributed by atoms with van der Waals surface area (Å²) in [5, 5.41) is 4.08. The van der Waals surface area contributed by atoms with Crippen molar-refractivity contribution in [2.45, 2.75) is 13.3 Å². The summed E-state index contributed by atoms with van der Waals surface area (Å²) in [6.07, 6.45) is 0.454. The second-order valence-electron chi connectivity index (χ2n) is 4.24. The number of imidazole rings is 1. The summed E-state index contributed by atoms with van der Waals surface area (Å²) in [5.41, 5.74) is 5.19. The van der Waals surface area contributed by atoms with E-state index in [0.29, 0.717) is 6.42 Å². The van der Waals surface area contributed by atoms with Gasteiger partial charge in [-0.15, -0.1) is 12.4 Å². The lowest BCUT2D eigenvalue weighted by Crippen LogP contribution is -2.32. The van der Waals surface area contributed by atoms with Crippen LogP contribution in [0.4, 0.5) is 0 Å². The second kappa shape index (κ2) is 4.78. The largest absolute Gasteiger partial charge is 0.337 e. The highest BCUT2D eigenvalue weighted by atomic mass is 35.5. The third-order valence-corrected chi connectivity index (χ3v) is 2.89. The first-order valence-corrected chi connectivity index (χ1v) is 5.55. The number of para-hydroxylation sites is 2. The van der Waals surface area contributed by atoms with Gasteiger partial charge >= 0.3 is 0 Å². The Morgan fingerprint density at radius 3 is 2.83 bits per heavy atom. The van der Waals surface area contributed by atoms with Crippen molar-refractivity contribution < 1.29 is 4.79 Å². The van der Waals surface area contributed by atoms with Gasteiger partial charge in [-0.3, -0.25) is 4.79 Å². The van der Waals surface area contributed by atoms with E-state index in [2.05, 4.69) is 20.5 Å². The molecule has 1 aromatic heterocycles. The predicted octanol–water partition coefficient (Wildman–Crippen LogP) is 1.84. The summed E-state index contributed by atoms with van der Waals surface area (Å²) < 4.78 is 0. The summed E-state index contributed by atoms with van der Waals surface area (Å²) in [6, 6.07) is 7.82. The fourth-order valence-electron chi connectivity index (χ4n) is 2.01. The molecule has 0 saturated heterocycles. The van der Waals surface area contributed by atoms with Gasteiger partial charge in [0, 0.05) is 12.3 Å². The molecule has 3 rings (SSSR count). The molecule has 0 bridgehead atoms. The quantitative estimate of drug-likeness (QED) is 0.825. The fourth-order valence-corrected chi connectivity index (χ4v) is 2.01. The molecule has 5 nitrogen and oxygen atoms in total. The standard InChI is InChI=1S/C12H12N4O.ClH/c1-7-6-10(17)15-16-11(7)12-13-8-4-2-3-5-9(8)14-12;/h2-5,7H,6H2,1H3,(H,13,14)(H,15,17);1H. The number of benzene rings is 1. The Morgan fingerprint density at radius 1 is 1.33 bits per heavy atom. The molecule has 1 unspecified atom stereocenters. The van der Waals surface area contributed by atoms with Crippen molar-refractivity contribution in [3.8, 4) is 0 Å². The number of hydrogen-bond acceptors (Lipinski definition) is 3. The SMILES string of the molecule is CC1CC(=O)NN=C1c1nc2ccccc2[nH]1.Cl. The summed E-state index contributed by atoms with van der Waals surface area (Å²) in [5.74, 6) is 0.778. The van der Waals surface area contributed by atoms with Gasteiger partial charge in [-0.1, -0.05) is 19.1 Å². The van der Waals surface area contributed by atoms with Gasteiger partial charge in [-0.2, -0.15) is 5.10 Å². The van der Waals surface area contributed by atoms with Crippen molar-refractivity contribution in [2.24, 2.45) is 11.0 Å². The van der Waals surface area contributed by atoms with Crippen LogP contribution in [0.5, 0.6) is 0 Å². The Bertz CT molecular complexity index is 586. The van der Waals surface area contributed by atoms with Gasteiger partial charge in [0.15, 0.2) is 5.82 Å². The third kappa shape index (κ3) is 2.09. The number of rotatable bonds is 1. The highest BCUT2D eigenvalue weighted by Crippen LogP contribution is 2.17. The zero-order valence-electron chi connectivity index (χ0n) is 9.80. The van der Waals surface area contributed by atoms with Crippen LogP contribution in [0.1, 0.15) is 19.2 Å². The normalized spacial score (nSPS) is 19.1. The molecule has 0 aliphatic carbocycles. The van der Waals surface area contributed by atoms with Crippen LogP contribution in [0.3, 0.4) is 0 Å². The van der Waals surface area contributed by atoms with E-state index >= 15 is 0 Å². The maximum Gasteiger partial charge on any atom is 0.240 e. The number of aromatic amines is 1. The number of H-pyrrole nitrogens is 1. The van der Waals surface area contributed by atoms with Crippen molar-refractivity contribution in [1.29, 1.82) is 0 Å². The maximum atomic E-state index is 11.2. The average Bonchev–Trinajstić information content (AvgIpc) is 2.72. The van der Waals surface area contributed by atoms with Crippen LogP contribution < -0.4 is 5.43 Å². The zero-order chi connectivity index (χ0) is 11.8. The van der Waals surface area contributed by atoms with Crippen LogP contribution in [0.15, 0.2) is 29.4 Å². The summed E-state index contributed by atoms with van der Waals surface area (Å²) in [7, 11) is 0. The molecule has 1 atom stereocenters. The lowest BCUT2D eigenvalue weighted by Gasteiger charge is -2.16. The van der Waals surface area contributed by atoms with E-state index in [4.69, 9.17) is 0 Å². The number of carbonyl (C=O) groups excluding carboxylic acids is 1. The van der Waals surface area contributed by atoms with E-state index in [1.807, 2.05) is 31.2 Å². The predicted molar refractivity (Wildman–Crippen MR) is 71.8 cm³/mol. The van der Waals surface area contributed by atoms with E-state index in [1.165, 1.54) is 0 Å². The van der Waals surface area contributed by atoms with Crippen molar-refractivity contribution in [2.75, 3.05) is 0 Å². The maximum absolute atomic E-state index is 11.2. The highest BCUT2D eigenvalue weighted by molar-refractivity contribution is 6.04. The minimum absolute atomic E-state index is 0. The van der Waals surface area contributed by atoms with Crippen molar-refractivity contribution in [3.63, 3.8) is 0 Å². The first-order chi connectivity index (χ1) is 8.24. The van der Waals surface area contributed by atoms with E-state index < -0.39 is 0 Å². The molecule has 2 heterocycles. The van der Waals surface area contributed by atoms with Crippen molar-refractivity contribution in [3.05, 3.63) is 30.1 Å². The smallest absolute Gasteiger partial charge is 0.240 e. The molecule has 2 aromatic rings. The molecule has 1 aliphatic heterocycles. The Morgan fingerprint density at radius 2 is 2.11 bits per heavy atom. The first-order valence-electron chi connectivity index (χ1n) is 5.55. The summed E-state index contributed by atoms with van der Waals surface area (Å²) in [4.78, 5) is 18.9. The molecule has 1 amide bonds. The molecule has 1 aromatic carbocycles. The average molecular weight is 265 g/mol. The van der Waals surface area contributed by atoms with Crippen LogP contribution in [0.25, 0.3) is 11.0 Å². The third-order valence-electron chi connectivity index (χ3n) is 2.89. The number of halogens is 1. The monoisotopic (exact) mass is 264 g/mol. The molecule has 0 fully saturated rings. The second-order valence-corrected chi connectivity index (χ2v) is 4.24. The number of nitrogens with zero attached hydrogens (tertiary/aromatic N) is 2. The molecular weight excluding hydrogens is 252 g/mol. The Kier molecular flexibility index (Phi) is 3.34. The lowest BCUT2D eigenvalue weighted by atomic mass is 10.00. The molecule has 0 spiro atoms. The molecule has 2 N–H and O–H groups in total. The minimum atomic E-state index is -0.0441. The van der Waals surface area contributed by atoms with Gasteiger partial charge < -0.3 is 4.98 Å². The van der Waals surface area contributed by atoms with Crippen LogP contribution >= 0.6 is 12.4 Å². The Labute approximate surface area is 110 Å². The molecule has 6 heteroatoms. The number of hydrogen-bond donors (Lipinski definition) is 2. The lowest BCUT2D eigenvalue weighted by molar-refractivity contribution is -0.121. The number of hydrazone groups is 1. The van der Waals surface area contributed by atoms with E-state index in [0.717, 1.165) is 22.6 Å². The number of amides is 1. The topological polar surface area (TPSA) is 70.1 Å². The van der Waals surface area contributed by atoms with Gasteiger partial charge in [0.25, 0.3) is 0 Å². The van der Waals surface area contributed by atoms with Gasteiger partial charge in [-0.25, -0.2) is 10.4 Å². The van der Waals surface area contributed by atoms with Gasteiger partial charge in [0.1, 0.15) is 5.71 Å². The van der Waals surface area contributed by atoms with Gasteiger partial charge in [-0.05, 0) is 12.1 Å². The first kappa shape index (κ1) is 12.6. The van der Waals surface area contributed by atoms with E-state index in [-0.39, 0.29) is 24.2 Å². The molecular formula is C12H13ClN4O. The summed E-state index contributed by atoms with van der Waals surface area (Å²) >= 11 is 0. The number of fused-ring (bicyclic) bond motifs is 1. The molecule has 0 radical (unpaired) electrons. The van der Waals surface area contributed by atoms with Gasteiger partial charge in [0.2, 0.25) is 5.91 Å². The Hall–Kier alpha value is -1.88. The number of aromatic nitrogens is 2. The van der Waals surface area contributed by atoms with Crippen LogP contribution in [-0.2, 0) is 4.79 Å². The van der Waals surface area contributed by atoms with Crippen molar-refractivity contribution in [1.82, 2.24) is 15.4 Å². The summed E-state index contributed by atoms with van der Waals surface area (Å²) in [6.45, 7) is 1.98. The molecule has 1 aliphatic rings. The molecule has 18 heavy (non-hydrogen) atoms.